The summed E-state index contributed by atoms with van der Waals surface area (Å²) in [5.74, 6) is 0. The van der Waals surface area contributed by atoms with E-state index in [1.165, 1.54) is 17.6 Å². The molecule has 2 rings (SSSR count). The van der Waals surface area contributed by atoms with Crippen LogP contribution in [0.4, 0.5) is 0 Å². The maximum atomic E-state index is 11.3. The van der Waals surface area contributed by atoms with Crippen molar-refractivity contribution in [3.05, 3.63) is 35.4 Å². The molecule has 1 heterocycles. The largest absolute Gasteiger partial charge is 0.224 e. The van der Waals surface area contributed by atoms with Gasteiger partial charge < -0.3 is 0 Å². The summed E-state index contributed by atoms with van der Waals surface area (Å²) in [4.78, 5) is 1.34. The van der Waals surface area contributed by atoms with Crippen molar-refractivity contribution in [3.8, 4) is 0 Å². The first kappa shape index (κ1) is 9.68. The second-order valence-corrected chi connectivity index (χ2v) is 6.16. The molecule has 0 fully saturated rings. The normalized spacial score (nSPS) is 12.1. The van der Waals surface area contributed by atoms with Crippen molar-refractivity contribution in [3.63, 3.8) is 0 Å². The van der Waals surface area contributed by atoms with Gasteiger partial charge in [-0.25, -0.2) is 8.42 Å². The van der Waals surface area contributed by atoms with E-state index in [-0.39, 0.29) is 0 Å². The third-order valence-corrected chi connectivity index (χ3v) is 4.07. The first-order valence-electron chi connectivity index (χ1n) is 4.02. The average molecular weight is 225 g/mol. The molecular weight excluding hydrogens is 216 g/mol. The van der Waals surface area contributed by atoms with E-state index in [4.69, 9.17) is 0 Å². The molecule has 0 bridgehead atoms. The lowest BCUT2D eigenvalue weighted by Gasteiger charge is -1.98. The van der Waals surface area contributed by atoms with Gasteiger partial charge in [0.25, 0.3) is 0 Å². The number of hydrogen-bond acceptors (Lipinski definition) is 3. The molecule has 1 aromatic carbocycles. The fraction of sp³-hybridized carbons (Fsp3) is 0.100. The summed E-state index contributed by atoms with van der Waals surface area (Å²) in [6, 6.07) is 5.12. The van der Waals surface area contributed by atoms with Crippen molar-refractivity contribution in [1.29, 1.82) is 0 Å². The van der Waals surface area contributed by atoms with Crippen LogP contribution in [-0.4, -0.2) is 14.7 Å². The first-order valence-corrected chi connectivity index (χ1v) is 6.79. The van der Waals surface area contributed by atoms with Crippen molar-refractivity contribution in [2.24, 2.45) is 0 Å². The minimum atomic E-state index is -3.10. The standard InChI is InChI=1S/C10H9O2S2/c1-7-10-4-3-9(14(2,11)12)5-8(10)6-13-7/h3-6H,1H2,2H3. The van der Waals surface area contributed by atoms with Gasteiger partial charge in [0.1, 0.15) is 0 Å². The van der Waals surface area contributed by atoms with Crippen LogP contribution in [0.15, 0.2) is 28.5 Å². The lowest BCUT2D eigenvalue weighted by Crippen LogP contribution is -1.95. The van der Waals surface area contributed by atoms with Gasteiger partial charge in [-0.15, -0.1) is 11.3 Å². The van der Waals surface area contributed by atoms with Crippen molar-refractivity contribution in [2.75, 3.05) is 6.26 Å². The third-order valence-electron chi connectivity index (χ3n) is 2.08. The van der Waals surface area contributed by atoms with Crippen LogP contribution in [0, 0.1) is 6.92 Å². The monoisotopic (exact) mass is 225 g/mol. The molecule has 0 N–H and O–H groups in total. The van der Waals surface area contributed by atoms with E-state index in [0.717, 1.165) is 15.6 Å². The Morgan fingerprint density at radius 3 is 2.71 bits per heavy atom. The van der Waals surface area contributed by atoms with E-state index in [2.05, 4.69) is 6.92 Å². The van der Waals surface area contributed by atoms with E-state index >= 15 is 0 Å². The molecule has 0 spiro atoms. The molecule has 0 amide bonds. The molecule has 0 aliphatic rings. The van der Waals surface area contributed by atoms with Crippen molar-refractivity contribution < 1.29 is 8.42 Å². The molecule has 0 unspecified atom stereocenters. The predicted molar refractivity (Wildman–Crippen MR) is 59.4 cm³/mol. The lowest BCUT2D eigenvalue weighted by molar-refractivity contribution is 0.602. The molecule has 14 heavy (non-hydrogen) atoms. The number of hydrogen-bond donors (Lipinski definition) is 0. The summed E-state index contributed by atoms with van der Waals surface area (Å²) in [6.45, 7) is 3.87. The molecule has 0 aliphatic heterocycles. The highest BCUT2D eigenvalue weighted by Gasteiger charge is 2.08. The highest BCUT2D eigenvalue weighted by atomic mass is 32.2. The summed E-state index contributed by atoms with van der Waals surface area (Å²) in [6.07, 6.45) is 1.21. The van der Waals surface area contributed by atoms with Gasteiger partial charge in [-0.2, -0.15) is 0 Å². The fourth-order valence-electron chi connectivity index (χ4n) is 1.32. The SMILES string of the molecule is [CH2]c1scc2cc(S(C)(=O)=O)ccc12. The van der Waals surface area contributed by atoms with Crippen LogP contribution in [0.3, 0.4) is 0 Å². The van der Waals surface area contributed by atoms with E-state index < -0.39 is 9.84 Å². The van der Waals surface area contributed by atoms with Crippen LogP contribution in [0.2, 0.25) is 0 Å². The number of fused-ring (bicyclic) bond motifs is 1. The van der Waals surface area contributed by atoms with E-state index in [1.807, 2.05) is 11.4 Å². The lowest BCUT2D eigenvalue weighted by atomic mass is 10.2. The molecule has 4 heteroatoms. The molecule has 0 saturated heterocycles. The zero-order valence-corrected chi connectivity index (χ0v) is 9.28. The Bertz CT molecular complexity index is 579. The summed E-state index contributed by atoms with van der Waals surface area (Å²) < 4.78 is 22.5. The van der Waals surface area contributed by atoms with Gasteiger partial charge in [0, 0.05) is 11.1 Å². The smallest absolute Gasteiger partial charge is 0.175 e. The molecule has 1 radical (unpaired) electrons. The maximum Gasteiger partial charge on any atom is 0.175 e. The quantitative estimate of drug-likeness (QED) is 0.747. The van der Waals surface area contributed by atoms with Gasteiger partial charge in [0.2, 0.25) is 0 Å². The molecule has 0 saturated carbocycles. The summed E-state index contributed by atoms with van der Waals surface area (Å²) >= 11 is 1.53. The zero-order chi connectivity index (χ0) is 10.3. The van der Waals surface area contributed by atoms with Gasteiger partial charge in [0.15, 0.2) is 9.84 Å². The molecular formula is C10H9O2S2. The minimum absolute atomic E-state index is 0.364. The Hall–Kier alpha value is -0.870. The van der Waals surface area contributed by atoms with Crippen molar-refractivity contribution >= 4 is 31.9 Å². The van der Waals surface area contributed by atoms with Crippen LogP contribution in [0.25, 0.3) is 10.8 Å². The van der Waals surface area contributed by atoms with E-state index in [1.54, 1.807) is 12.1 Å². The predicted octanol–water partition coefficient (Wildman–Crippen LogP) is 2.49. The second-order valence-electron chi connectivity index (χ2n) is 3.18. The Balaban J connectivity index is 2.76. The molecule has 2 aromatic rings. The highest BCUT2D eigenvalue weighted by Crippen LogP contribution is 2.26. The Morgan fingerprint density at radius 1 is 1.36 bits per heavy atom. The van der Waals surface area contributed by atoms with E-state index in [9.17, 15) is 8.42 Å². The number of thiophene rings is 1. The number of sulfone groups is 1. The summed E-state index contributed by atoms with van der Waals surface area (Å²) in [5.41, 5.74) is 0. The van der Waals surface area contributed by atoms with Crippen LogP contribution in [0.1, 0.15) is 4.88 Å². The Labute approximate surface area is 87.1 Å². The second kappa shape index (κ2) is 3.07. The first-order chi connectivity index (χ1) is 6.48. The molecule has 0 atom stereocenters. The van der Waals surface area contributed by atoms with E-state index in [0.29, 0.717) is 4.90 Å². The van der Waals surface area contributed by atoms with Crippen LogP contribution in [0.5, 0.6) is 0 Å². The highest BCUT2D eigenvalue weighted by molar-refractivity contribution is 7.90. The minimum Gasteiger partial charge on any atom is -0.224 e. The summed E-state index contributed by atoms with van der Waals surface area (Å²) in [7, 11) is -3.10. The Morgan fingerprint density at radius 2 is 2.07 bits per heavy atom. The summed E-state index contributed by atoms with van der Waals surface area (Å²) in [5, 5.41) is 3.90. The maximum absolute atomic E-state index is 11.3. The van der Waals surface area contributed by atoms with Crippen LogP contribution < -0.4 is 0 Å². The van der Waals surface area contributed by atoms with Crippen molar-refractivity contribution in [1.82, 2.24) is 0 Å². The average Bonchev–Trinajstić information content (AvgIpc) is 2.46. The van der Waals surface area contributed by atoms with Gasteiger partial charge in [-0.3, -0.25) is 0 Å². The van der Waals surface area contributed by atoms with Crippen molar-refractivity contribution in [2.45, 2.75) is 4.90 Å². The fourth-order valence-corrected chi connectivity index (χ4v) is 2.75. The molecule has 73 valence electrons. The zero-order valence-electron chi connectivity index (χ0n) is 7.65. The van der Waals surface area contributed by atoms with Gasteiger partial charge in [-0.05, 0) is 35.2 Å². The van der Waals surface area contributed by atoms with Gasteiger partial charge >= 0.3 is 0 Å². The third kappa shape index (κ3) is 1.55. The molecule has 1 aromatic heterocycles. The van der Waals surface area contributed by atoms with Gasteiger partial charge in [0.05, 0.1) is 4.90 Å². The number of rotatable bonds is 1. The molecule has 0 aliphatic carbocycles. The Kier molecular flexibility index (Phi) is 2.12. The number of benzene rings is 1. The molecule has 2 nitrogen and oxygen atoms in total. The van der Waals surface area contributed by atoms with Crippen LogP contribution >= 0.6 is 11.3 Å². The van der Waals surface area contributed by atoms with Crippen LogP contribution in [-0.2, 0) is 9.84 Å². The topological polar surface area (TPSA) is 34.1 Å². The van der Waals surface area contributed by atoms with Gasteiger partial charge in [-0.1, -0.05) is 6.07 Å².